The predicted octanol–water partition coefficient (Wildman–Crippen LogP) is 4.47. The molecule has 0 heterocycles. The number of halogens is 1. The van der Waals surface area contributed by atoms with Crippen LogP contribution in [0.3, 0.4) is 0 Å². The van der Waals surface area contributed by atoms with Crippen molar-refractivity contribution in [2.45, 2.75) is 6.92 Å². The molecule has 0 N–H and O–H groups in total. The third kappa shape index (κ3) is 4.22. The summed E-state index contributed by atoms with van der Waals surface area (Å²) in [6.45, 7) is 1.53. The van der Waals surface area contributed by atoms with Crippen LogP contribution in [0.2, 0.25) is 0 Å². The lowest BCUT2D eigenvalue weighted by molar-refractivity contribution is -0.113. The summed E-state index contributed by atoms with van der Waals surface area (Å²) in [5, 5.41) is 0. The molecule has 0 unspecified atom stereocenters. The summed E-state index contributed by atoms with van der Waals surface area (Å²) < 4.78 is 1.01. The average molecular weight is 325 g/mol. The number of rotatable bonds is 2. The highest BCUT2D eigenvalue weighted by atomic mass is 79.9. The van der Waals surface area contributed by atoms with Crippen molar-refractivity contribution < 1.29 is 4.79 Å². The normalized spacial score (nSPS) is 10.6. The van der Waals surface area contributed by atoms with Crippen LogP contribution < -0.4 is 0 Å². The second-order valence-corrected chi connectivity index (χ2v) is 5.20. The van der Waals surface area contributed by atoms with Crippen LogP contribution in [0.4, 0.5) is 0 Å². The molecule has 0 saturated heterocycles. The molecule has 0 aliphatic rings. The van der Waals surface area contributed by atoms with E-state index in [2.05, 4.69) is 27.8 Å². The Labute approximate surface area is 127 Å². The fraction of sp³-hybridized carbons (Fsp3) is 0.0556. The minimum atomic E-state index is -0.0312. The van der Waals surface area contributed by atoms with Gasteiger partial charge in [-0.05, 0) is 42.8 Å². The summed E-state index contributed by atoms with van der Waals surface area (Å²) in [4.78, 5) is 11.7. The third-order valence-electron chi connectivity index (χ3n) is 2.68. The lowest BCUT2D eigenvalue weighted by Gasteiger charge is -1.97. The van der Waals surface area contributed by atoms with Crippen LogP contribution in [0.1, 0.15) is 18.1 Å². The van der Waals surface area contributed by atoms with E-state index in [1.807, 2.05) is 60.7 Å². The van der Waals surface area contributed by atoms with E-state index in [9.17, 15) is 4.79 Å². The van der Waals surface area contributed by atoms with Gasteiger partial charge in [-0.2, -0.15) is 0 Å². The largest absolute Gasteiger partial charge is 0.294 e. The van der Waals surface area contributed by atoms with Crippen LogP contribution in [-0.2, 0) is 4.79 Å². The molecule has 0 atom stereocenters. The van der Waals surface area contributed by atoms with Crippen molar-refractivity contribution >= 4 is 27.8 Å². The molecule has 2 heteroatoms. The van der Waals surface area contributed by atoms with Gasteiger partial charge in [0, 0.05) is 10.0 Å². The van der Waals surface area contributed by atoms with E-state index in [0.29, 0.717) is 5.57 Å². The molecule has 2 aromatic carbocycles. The van der Waals surface area contributed by atoms with Crippen LogP contribution in [0, 0.1) is 11.8 Å². The monoisotopic (exact) mass is 324 g/mol. The van der Waals surface area contributed by atoms with E-state index in [-0.39, 0.29) is 5.78 Å². The fourth-order valence-electron chi connectivity index (χ4n) is 1.61. The quantitative estimate of drug-likeness (QED) is 0.588. The smallest absolute Gasteiger partial charge is 0.168 e. The highest BCUT2D eigenvalue weighted by Crippen LogP contribution is 2.13. The second-order valence-electron chi connectivity index (χ2n) is 4.28. The number of ketones is 1. The molecule has 0 amide bonds. The van der Waals surface area contributed by atoms with Crippen molar-refractivity contribution in [3.8, 4) is 11.8 Å². The molecule has 98 valence electrons. The lowest BCUT2D eigenvalue weighted by atomic mass is 10.1. The van der Waals surface area contributed by atoms with Gasteiger partial charge in [-0.15, -0.1) is 0 Å². The standard InChI is InChI=1S/C18H13BrO/c1-14(20)17(10-7-15-5-3-2-4-6-15)13-16-8-11-18(19)12-9-16/h2-6,8-9,11-13H,1H3. The molecule has 0 spiro atoms. The number of allylic oxidation sites excluding steroid dienone is 1. The number of carbonyl (C=O) groups excluding carboxylic acids is 1. The lowest BCUT2D eigenvalue weighted by Crippen LogP contribution is -1.93. The van der Waals surface area contributed by atoms with Crippen LogP contribution >= 0.6 is 15.9 Å². The van der Waals surface area contributed by atoms with Gasteiger partial charge >= 0.3 is 0 Å². The van der Waals surface area contributed by atoms with E-state index in [0.717, 1.165) is 15.6 Å². The van der Waals surface area contributed by atoms with Gasteiger partial charge in [0.05, 0.1) is 5.57 Å². The Morgan fingerprint density at radius 2 is 1.70 bits per heavy atom. The molecule has 0 saturated carbocycles. The summed E-state index contributed by atoms with van der Waals surface area (Å²) in [6.07, 6.45) is 1.81. The van der Waals surface area contributed by atoms with Crippen molar-refractivity contribution in [2.24, 2.45) is 0 Å². The van der Waals surface area contributed by atoms with Crippen molar-refractivity contribution in [3.05, 3.63) is 75.8 Å². The Kier molecular flexibility index (Phi) is 4.92. The average Bonchev–Trinajstić information content (AvgIpc) is 2.46. The third-order valence-corrected chi connectivity index (χ3v) is 3.20. The zero-order valence-corrected chi connectivity index (χ0v) is 12.6. The Bertz CT molecular complexity index is 686. The molecule has 0 aliphatic carbocycles. The minimum absolute atomic E-state index is 0.0312. The van der Waals surface area contributed by atoms with Crippen molar-refractivity contribution in [2.75, 3.05) is 0 Å². The van der Waals surface area contributed by atoms with Crippen LogP contribution in [0.5, 0.6) is 0 Å². The van der Waals surface area contributed by atoms with Crippen molar-refractivity contribution in [1.82, 2.24) is 0 Å². The first-order chi connectivity index (χ1) is 9.65. The maximum Gasteiger partial charge on any atom is 0.168 e. The zero-order valence-electron chi connectivity index (χ0n) is 11.1. The predicted molar refractivity (Wildman–Crippen MR) is 86.1 cm³/mol. The molecule has 1 nitrogen and oxygen atoms in total. The van der Waals surface area contributed by atoms with Gasteiger partial charge in [0.25, 0.3) is 0 Å². The Morgan fingerprint density at radius 1 is 1.05 bits per heavy atom. The number of hydrogen-bond acceptors (Lipinski definition) is 1. The summed E-state index contributed by atoms with van der Waals surface area (Å²) in [7, 11) is 0. The van der Waals surface area contributed by atoms with Crippen LogP contribution in [0.15, 0.2) is 64.6 Å². The Morgan fingerprint density at radius 3 is 2.30 bits per heavy atom. The molecule has 0 bridgehead atoms. The Hall–Kier alpha value is -2.11. The SMILES string of the molecule is CC(=O)C(C#Cc1ccccc1)=Cc1ccc(Br)cc1. The first kappa shape index (κ1) is 14.3. The molecule has 2 aromatic rings. The molecular formula is C18H13BrO. The van der Waals surface area contributed by atoms with E-state index < -0.39 is 0 Å². The molecule has 0 radical (unpaired) electrons. The zero-order chi connectivity index (χ0) is 14.4. The van der Waals surface area contributed by atoms with Gasteiger partial charge in [-0.1, -0.05) is 58.1 Å². The van der Waals surface area contributed by atoms with Gasteiger partial charge in [0.15, 0.2) is 5.78 Å². The maximum atomic E-state index is 11.7. The van der Waals surface area contributed by atoms with Gasteiger partial charge in [-0.25, -0.2) is 0 Å². The van der Waals surface area contributed by atoms with Gasteiger partial charge in [0.2, 0.25) is 0 Å². The summed E-state index contributed by atoms with van der Waals surface area (Å²) >= 11 is 3.39. The fourth-order valence-corrected chi connectivity index (χ4v) is 1.88. The molecule has 0 aromatic heterocycles. The number of hydrogen-bond donors (Lipinski definition) is 0. The number of carbonyl (C=O) groups is 1. The Balaban J connectivity index is 2.31. The van der Waals surface area contributed by atoms with E-state index >= 15 is 0 Å². The minimum Gasteiger partial charge on any atom is -0.294 e. The van der Waals surface area contributed by atoms with E-state index in [1.165, 1.54) is 6.92 Å². The highest BCUT2D eigenvalue weighted by Gasteiger charge is 2.00. The molecule has 2 rings (SSSR count). The summed E-state index contributed by atoms with van der Waals surface area (Å²) in [5.74, 6) is 5.93. The highest BCUT2D eigenvalue weighted by molar-refractivity contribution is 9.10. The van der Waals surface area contributed by atoms with E-state index in [4.69, 9.17) is 0 Å². The van der Waals surface area contributed by atoms with Crippen LogP contribution in [0.25, 0.3) is 6.08 Å². The van der Waals surface area contributed by atoms with Crippen LogP contribution in [-0.4, -0.2) is 5.78 Å². The molecule has 0 fully saturated rings. The maximum absolute atomic E-state index is 11.7. The molecule has 20 heavy (non-hydrogen) atoms. The summed E-state index contributed by atoms with van der Waals surface area (Å²) in [6, 6.07) is 17.4. The second kappa shape index (κ2) is 6.88. The van der Waals surface area contributed by atoms with Crippen molar-refractivity contribution in [1.29, 1.82) is 0 Å². The molecular weight excluding hydrogens is 312 g/mol. The molecule has 0 aliphatic heterocycles. The number of Topliss-reactive ketones (excluding diaryl/α,β-unsaturated/α-hetero) is 1. The summed E-state index contributed by atoms with van der Waals surface area (Å²) in [5.41, 5.74) is 2.37. The van der Waals surface area contributed by atoms with Crippen molar-refractivity contribution in [3.63, 3.8) is 0 Å². The van der Waals surface area contributed by atoms with E-state index in [1.54, 1.807) is 0 Å². The van der Waals surface area contributed by atoms with Gasteiger partial charge in [-0.3, -0.25) is 4.79 Å². The first-order valence-electron chi connectivity index (χ1n) is 6.20. The van der Waals surface area contributed by atoms with Gasteiger partial charge in [0.1, 0.15) is 0 Å². The topological polar surface area (TPSA) is 17.1 Å². The first-order valence-corrected chi connectivity index (χ1v) is 7.00. The number of benzene rings is 2. The van der Waals surface area contributed by atoms with Gasteiger partial charge < -0.3 is 0 Å².